The number of ether oxygens (including phenoxy) is 1. The van der Waals surface area contributed by atoms with E-state index >= 15 is 0 Å². The fourth-order valence-corrected chi connectivity index (χ4v) is 2.86. The van der Waals surface area contributed by atoms with Crippen LogP contribution in [0.5, 0.6) is 5.88 Å². The minimum Gasteiger partial charge on any atom is -0.474 e. The fraction of sp³-hybridized carbons (Fsp3) is 0.438. The Morgan fingerprint density at radius 3 is 2.74 bits per heavy atom. The van der Waals surface area contributed by atoms with E-state index in [0.29, 0.717) is 12.0 Å². The lowest BCUT2D eigenvalue weighted by Gasteiger charge is -2.23. The largest absolute Gasteiger partial charge is 0.474 e. The molecule has 1 aliphatic rings. The molecule has 0 bridgehead atoms. The van der Waals surface area contributed by atoms with E-state index in [9.17, 15) is 0 Å². The number of aromatic nitrogens is 1. The van der Waals surface area contributed by atoms with Gasteiger partial charge in [0.05, 0.1) is 11.6 Å². The van der Waals surface area contributed by atoms with Gasteiger partial charge >= 0.3 is 0 Å². The molecular weight excluding hydrogens is 258 g/mol. The first-order valence-corrected chi connectivity index (χ1v) is 7.51. The van der Waals surface area contributed by atoms with Crippen molar-refractivity contribution in [1.82, 2.24) is 4.98 Å². The van der Waals surface area contributed by atoms with Crippen LogP contribution in [0, 0.1) is 0 Å². The summed E-state index contributed by atoms with van der Waals surface area (Å²) < 4.78 is 6.14. The molecule has 1 aromatic heterocycles. The summed E-state index contributed by atoms with van der Waals surface area (Å²) in [5.41, 5.74) is 0.881. The van der Waals surface area contributed by atoms with Crippen LogP contribution in [0.2, 0.25) is 0 Å². The van der Waals surface area contributed by atoms with Gasteiger partial charge in [-0.1, -0.05) is 24.6 Å². The third kappa shape index (κ3) is 2.84. The zero-order chi connectivity index (χ0) is 13.1. The lowest BCUT2D eigenvalue weighted by atomic mass is 9.98. The number of alkyl halides is 1. The molecule has 0 saturated heterocycles. The number of hydrogen-bond donors (Lipinski definition) is 0. The van der Waals surface area contributed by atoms with E-state index in [1.807, 2.05) is 18.2 Å². The summed E-state index contributed by atoms with van der Waals surface area (Å²) in [6.07, 6.45) is 6.45. The number of rotatable bonds is 3. The Labute approximate surface area is 118 Å². The van der Waals surface area contributed by atoms with Gasteiger partial charge in [-0.3, -0.25) is 0 Å². The summed E-state index contributed by atoms with van der Waals surface area (Å²) in [6, 6.07) is 10.2. The maximum Gasteiger partial charge on any atom is 0.221 e. The average Bonchev–Trinajstić information content (AvgIpc) is 2.48. The third-order valence-corrected chi connectivity index (χ3v) is 4.00. The number of benzene rings is 1. The molecular formula is C16H18ClNO. The highest BCUT2D eigenvalue weighted by molar-refractivity contribution is 6.17. The molecule has 0 unspecified atom stereocenters. The SMILES string of the molecule is ClCc1cc2ccccc2c(OC2CCCCC2)n1. The van der Waals surface area contributed by atoms with Gasteiger partial charge in [-0.05, 0) is 43.2 Å². The van der Waals surface area contributed by atoms with Gasteiger partial charge in [-0.2, -0.15) is 0 Å². The Balaban J connectivity index is 1.95. The van der Waals surface area contributed by atoms with Gasteiger partial charge in [0.25, 0.3) is 0 Å². The normalized spacial score (nSPS) is 16.7. The molecule has 2 aromatic rings. The van der Waals surface area contributed by atoms with Crippen molar-refractivity contribution in [2.45, 2.75) is 44.1 Å². The number of fused-ring (bicyclic) bond motifs is 1. The molecule has 0 radical (unpaired) electrons. The Morgan fingerprint density at radius 2 is 1.95 bits per heavy atom. The van der Waals surface area contributed by atoms with Crippen LogP contribution in [0.25, 0.3) is 10.8 Å². The highest BCUT2D eigenvalue weighted by Gasteiger charge is 2.17. The second-order valence-corrected chi connectivity index (χ2v) is 5.42. The Morgan fingerprint density at radius 1 is 1.16 bits per heavy atom. The summed E-state index contributed by atoms with van der Waals surface area (Å²) >= 11 is 5.92. The quantitative estimate of drug-likeness (QED) is 0.759. The van der Waals surface area contributed by atoms with Crippen LogP contribution in [0.3, 0.4) is 0 Å². The lowest BCUT2D eigenvalue weighted by molar-refractivity contribution is 0.150. The molecule has 0 atom stereocenters. The molecule has 100 valence electrons. The Kier molecular flexibility index (Phi) is 3.88. The van der Waals surface area contributed by atoms with Gasteiger partial charge < -0.3 is 4.74 Å². The summed E-state index contributed by atoms with van der Waals surface area (Å²) in [7, 11) is 0. The summed E-state index contributed by atoms with van der Waals surface area (Å²) in [5.74, 6) is 1.17. The van der Waals surface area contributed by atoms with Crippen molar-refractivity contribution < 1.29 is 4.74 Å². The topological polar surface area (TPSA) is 22.1 Å². The Bertz CT molecular complexity index is 564. The molecule has 3 heteroatoms. The maximum atomic E-state index is 6.14. The second kappa shape index (κ2) is 5.79. The molecule has 19 heavy (non-hydrogen) atoms. The molecule has 0 N–H and O–H groups in total. The number of pyridine rings is 1. The monoisotopic (exact) mass is 275 g/mol. The van der Waals surface area contributed by atoms with Crippen molar-refractivity contribution in [3.8, 4) is 5.88 Å². The van der Waals surface area contributed by atoms with Crippen LogP contribution in [0.15, 0.2) is 30.3 Å². The van der Waals surface area contributed by atoms with Crippen molar-refractivity contribution in [3.63, 3.8) is 0 Å². The first-order valence-electron chi connectivity index (χ1n) is 6.98. The zero-order valence-corrected chi connectivity index (χ0v) is 11.7. The van der Waals surface area contributed by atoms with Crippen LogP contribution in [0.1, 0.15) is 37.8 Å². The smallest absolute Gasteiger partial charge is 0.221 e. The predicted octanol–water partition coefficient (Wildman–Crippen LogP) is 4.69. The summed E-state index contributed by atoms with van der Waals surface area (Å²) in [4.78, 5) is 4.56. The second-order valence-electron chi connectivity index (χ2n) is 5.15. The van der Waals surface area contributed by atoms with Crippen LogP contribution >= 0.6 is 11.6 Å². The standard InChI is InChI=1S/C16H18ClNO/c17-11-13-10-12-6-4-5-9-15(12)16(18-13)19-14-7-2-1-3-8-14/h4-6,9-10,14H,1-3,7-8,11H2. The number of halogens is 1. The minimum atomic E-state index is 0.315. The number of hydrogen-bond acceptors (Lipinski definition) is 2. The van der Waals surface area contributed by atoms with Crippen molar-refractivity contribution in [1.29, 1.82) is 0 Å². The van der Waals surface area contributed by atoms with Crippen molar-refractivity contribution in [2.24, 2.45) is 0 Å². The Hall–Kier alpha value is -1.28. The van der Waals surface area contributed by atoms with Crippen LogP contribution in [0.4, 0.5) is 0 Å². The molecule has 3 rings (SSSR count). The zero-order valence-electron chi connectivity index (χ0n) is 10.9. The molecule has 1 fully saturated rings. The van der Waals surface area contributed by atoms with Gasteiger partial charge in [-0.25, -0.2) is 4.98 Å². The average molecular weight is 276 g/mol. The van der Waals surface area contributed by atoms with E-state index < -0.39 is 0 Å². The molecule has 1 saturated carbocycles. The highest BCUT2D eigenvalue weighted by atomic mass is 35.5. The van der Waals surface area contributed by atoms with Gasteiger partial charge in [0.2, 0.25) is 5.88 Å². The van der Waals surface area contributed by atoms with Gasteiger partial charge in [0, 0.05) is 5.39 Å². The highest BCUT2D eigenvalue weighted by Crippen LogP contribution is 2.29. The minimum absolute atomic E-state index is 0.315. The molecule has 1 aliphatic carbocycles. The predicted molar refractivity (Wildman–Crippen MR) is 78.8 cm³/mol. The first kappa shape index (κ1) is 12.7. The van der Waals surface area contributed by atoms with E-state index in [1.54, 1.807) is 0 Å². The van der Waals surface area contributed by atoms with Crippen LogP contribution in [-0.2, 0) is 5.88 Å². The maximum absolute atomic E-state index is 6.14. The van der Waals surface area contributed by atoms with Gasteiger partial charge in [-0.15, -0.1) is 11.6 Å². The molecule has 0 spiro atoms. The van der Waals surface area contributed by atoms with Crippen molar-refractivity contribution in [3.05, 3.63) is 36.0 Å². The lowest BCUT2D eigenvalue weighted by Crippen LogP contribution is -2.20. The molecule has 0 amide bonds. The van der Waals surface area contributed by atoms with E-state index in [2.05, 4.69) is 17.1 Å². The van der Waals surface area contributed by atoms with E-state index in [0.717, 1.165) is 35.2 Å². The molecule has 1 heterocycles. The third-order valence-electron chi connectivity index (χ3n) is 3.73. The molecule has 2 nitrogen and oxygen atoms in total. The first-order chi connectivity index (χ1) is 9.36. The van der Waals surface area contributed by atoms with Crippen molar-refractivity contribution in [2.75, 3.05) is 0 Å². The van der Waals surface area contributed by atoms with E-state index in [4.69, 9.17) is 16.3 Å². The summed E-state index contributed by atoms with van der Waals surface area (Å²) in [6.45, 7) is 0. The van der Waals surface area contributed by atoms with Crippen LogP contribution in [-0.4, -0.2) is 11.1 Å². The van der Waals surface area contributed by atoms with Gasteiger partial charge in [0.15, 0.2) is 0 Å². The number of nitrogens with zero attached hydrogens (tertiary/aromatic N) is 1. The van der Waals surface area contributed by atoms with Crippen molar-refractivity contribution >= 4 is 22.4 Å². The molecule has 1 aromatic carbocycles. The van der Waals surface area contributed by atoms with E-state index in [1.165, 1.54) is 19.3 Å². The summed E-state index contributed by atoms with van der Waals surface area (Å²) in [5, 5.41) is 2.24. The molecule has 0 aliphatic heterocycles. The fourth-order valence-electron chi connectivity index (χ4n) is 2.72. The van der Waals surface area contributed by atoms with Gasteiger partial charge in [0.1, 0.15) is 6.10 Å². The van der Waals surface area contributed by atoms with Crippen LogP contribution < -0.4 is 4.74 Å². The van der Waals surface area contributed by atoms with E-state index in [-0.39, 0.29) is 0 Å².